The summed E-state index contributed by atoms with van der Waals surface area (Å²) in [5.41, 5.74) is 2.35. The molecule has 6 nitrogen and oxygen atoms in total. The van der Waals surface area contributed by atoms with Gasteiger partial charge in [0.05, 0.1) is 0 Å². The maximum absolute atomic E-state index is 12.4. The highest BCUT2D eigenvalue weighted by Crippen LogP contribution is 2.26. The number of carbonyl (C=O) groups excluding carboxylic acids is 3. The Bertz CT molecular complexity index is 851. The van der Waals surface area contributed by atoms with E-state index in [1.165, 1.54) is 0 Å². The smallest absolute Gasteiger partial charge is 0.325 e. The normalized spacial score (nSPS) is 12.9. The van der Waals surface area contributed by atoms with Gasteiger partial charge in [-0.25, -0.2) is 0 Å². The van der Waals surface area contributed by atoms with Crippen LogP contribution >= 0.6 is 11.6 Å². The van der Waals surface area contributed by atoms with E-state index in [4.69, 9.17) is 16.3 Å². The lowest BCUT2D eigenvalue weighted by Crippen LogP contribution is -2.39. The molecule has 2 amide bonds. The van der Waals surface area contributed by atoms with Crippen LogP contribution in [0.2, 0.25) is 5.02 Å². The first-order valence-corrected chi connectivity index (χ1v) is 9.00. The second kappa shape index (κ2) is 8.68. The van der Waals surface area contributed by atoms with Crippen molar-refractivity contribution in [2.24, 2.45) is 0 Å². The Morgan fingerprint density at radius 3 is 2.59 bits per heavy atom. The topological polar surface area (TPSA) is 75.7 Å². The molecule has 3 rings (SSSR count). The number of rotatable bonds is 5. The average Bonchev–Trinajstić information content (AvgIpc) is 2.70. The third kappa shape index (κ3) is 4.86. The van der Waals surface area contributed by atoms with Crippen molar-refractivity contribution >= 4 is 35.1 Å². The molecule has 140 valence electrons. The van der Waals surface area contributed by atoms with Crippen LogP contribution in [-0.2, 0) is 20.7 Å². The van der Waals surface area contributed by atoms with Crippen LogP contribution < -0.4 is 10.2 Å². The average molecular weight is 387 g/mol. The summed E-state index contributed by atoms with van der Waals surface area (Å²) in [5.74, 6) is -1.37. The van der Waals surface area contributed by atoms with Gasteiger partial charge < -0.3 is 15.0 Å². The number of nitrogens with zero attached hydrogens (tertiary/aromatic N) is 1. The predicted molar refractivity (Wildman–Crippen MR) is 102 cm³/mol. The number of aryl methyl sites for hydroxylation is 1. The molecule has 0 fully saturated rings. The number of carbonyl (C=O) groups is 3. The number of esters is 1. The van der Waals surface area contributed by atoms with E-state index in [2.05, 4.69) is 5.32 Å². The summed E-state index contributed by atoms with van der Waals surface area (Å²) in [6.45, 7) is -0.0734. The minimum absolute atomic E-state index is 0.278. The van der Waals surface area contributed by atoms with Crippen LogP contribution in [0.25, 0.3) is 0 Å². The van der Waals surface area contributed by atoms with Gasteiger partial charge in [-0.15, -0.1) is 0 Å². The van der Waals surface area contributed by atoms with Crippen LogP contribution in [0.5, 0.6) is 0 Å². The van der Waals surface area contributed by atoms with Gasteiger partial charge in [-0.05, 0) is 48.7 Å². The zero-order chi connectivity index (χ0) is 19.2. The Hall–Kier alpha value is -2.86. The minimum Gasteiger partial charge on any atom is -0.454 e. The largest absolute Gasteiger partial charge is 0.454 e. The molecule has 0 saturated carbocycles. The van der Waals surface area contributed by atoms with Gasteiger partial charge in [-0.2, -0.15) is 0 Å². The first-order valence-electron chi connectivity index (χ1n) is 8.62. The Kier molecular flexibility index (Phi) is 6.08. The van der Waals surface area contributed by atoms with E-state index in [0.29, 0.717) is 17.1 Å². The Balaban J connectivity index is 1.47. The van der Waals surface area contributed by atoms with Gasteiger partial charge in [0.25, 0.3) is 11.8 Å². The second-order valence-electron chi connectivity index (χ2n) is 6.13. The van der Waals surface area contributed by atoms with E-state index in [-0.39, 0.29) is 19.1 Å². The fourth-order valence-electron chi connectivity index (χ4n) is 2.92. The summed E-state index contributed by atoms with van der Waals surface area (Å²) < 4.78 is 5.01. The lowest BCUT2D eigenvalue weighted by molar-refractivity contribution is -0.146. The molecule has 0 radical (unpaired) electrons. The van der Waals surface area contributed by atoms with Gasteiger partial charge in [0.1, 0.15) is 6.54 Å². The van der Waals surface area contributed by atoms with E-state index >= 15 is 0 Å². The number of anilines is 1. The van der Waals surface area contributed by atoms with Crippen molar-refractivity contribution in [2.75, 3.05) is 24.6 Å². The Morgan fingerprint density at radius 1 is 1.07 bits per heavy atom. The molecule has 0 aliphatic carbocycles. The summed E-state index contributed by atoms with van der Waals surface area (Å²) in [7, 11) is 0. The molecule has 1 aliphatic rings. The minimum atomic E-state index is -0.670. The molecular weight excluding hydrogens is 368 g/mol. The van der Waals surface area contributed by atoms with Crippen LogP contribution in [0.1, 0.15) is 22.3 Å². The highest BCUT2D eigenvalue weighted by molar-refractivity contribution is 6.30. The molecule has 0 atom stereocenters. The Labute approximate surface area is 162 Å². The second-order valence-corrected chi connectivity index (χ2v) is 6.56. The van der Waals surface area contributed by atoms with Gasteiger partial charge in [-0.3, -0.25) is 14.4 Å². The van der Waals surface area contributed by atoms with E-state index in [1.807, 2.05) is 24.3 Å². The van der Waals surface area contributed by atoms with Crippen LogP contribution in [0, 0.1) is 0 Å². The van der Waals surface area contributed by atoms with Crippen molar-refractivity contribution in [1.82, 2.24) is 5.32 Å². The summed E-state index contributed by atoms with van der Waals surface area (Å²) in [5, 5.41) is 2.97. The van der Waals surface area contributed by atoms with Crippen molar-refractivity contribution in [1.29, 1.82) is 0 Å². The predicted octanol–water partition coefficient (Wildman–Crippen LogP) is 2.59. The van der Waals surface area contributed by atoms with Crippen molar-refractivity contribution in [3.05, 3.63) is 64.7 Å². The summed E-state index contributed by atoms with van der Waals surface area (Å²) in [6.07, 6.45) is 1.80. The third-order valence-electron chi connectivity index (χ3n) is 4.27. The van der Waals surface area contributed by atoms with Crippen LogP contribution in [0.4, 0.5) is 5.69 Å². The van der Waals surface area contributed by atoms with E-state index in [1.54, 1.807) is 29.2 Å². The maximum atomic E-state index is 12.4. The fraction of sp³-hybridized carbons (Fsp3) is 0.250. The van der Waals surface area contributed by atoms with Gasteiger partial charge in [0.15, 0.2) is 6.61 Å². The molecule has 27 heavy (non-hydrogen) atoms. The number of hydrogen-bond donors (Lipinski definition) is 1. The lowest BCUT2D eigenvalue weighted by atomic mass is 10.0. The monoisotopic (exact) mass is 386 g/mol. The molecule has 1 N–H and O–H groups in total. The molecule has 0 saturated heterocycles. The zero-order valence-corrected chi connectivity index (χ0v) is 15.4. The lowest BCUT2D eigenvalue weighted by Gasteiger charge is -2.29. The highest BCUT2D eigenvalue weighted by Gasteiger charge is 2.23. The van der Waals surface area contributed by atoms with Crippen molar-refractivity contribution < 1.29 is 19.1 Å². The number of benzene rings is 2. The molecule has 1 heterocycles. The number of amides is 2. The molecule has 1 aliphatic heterocycles. The molecule has 0 unspecified atom stereocenters. The molecule has 7 heteroatoms. The third-order valence-corrected chi connectivity index (χ3v) is 4.52. The number of nitrogens with one attached hydrogen (secondary N) is 1. The van der Waals surface area contributed by atoms with Crippen LogP contribution in [0.3, 0.4) is 0 Å². The van der Waals surface area contributed by atoms with E-state index < -0.39 is 11.9 Å². The maximum Gasteiger partial charge on any atom is 0.325 e. The number of para-hydroxylation sites is 1. The summed E-state index contributed by atoms with van der Waals surface area (Å²) in [4.78, 5) is 37.8. The zero-order valence-electron chi connectivity index (χ0n) is 14.6. The first-order chi connectivity index (χ1) is 13.0. The molecule has 0 bridgehead atoms. The Morgan fingerprint density at radius 2 is 1.81 bits per heavy atom. The number of halogens is 1. The number of fused-ring (bicyclic) bond motifs is 1. The first kappa shape index (κ1) is 18.9. The van der Waals surface area contributed by atoms with Gasteiger partial charge in [0, 0.05) is 22.8 Å². The van der Waals surface area contributed by atoms with Crippen molar-refractivity contribution in [3.63, 3.8) is 0 Å². The number of hydrogen-bond acceptors (Lipinski definition) is 4. The molecule has 0 spiro atoms. The molecule has 2 aromatic rings. The quantitative estimate of drug-likeness (QED) is 0.801. The highest BCUT2D eigenvalue weighted by atomic mass is 35.5. The summed E-state index contributed by atoms with van der Waals surface area (Å²) in [6, 6.07) is 14.0. The SMILES string of the molecule is O=C(CNC(=O)c1ccc(Cl)cc1)OCC(=O)N1CCCc2ccccc21. The van der Waals surface area contributed by atoms with Crippen molar-refractivity contribution in [3.8, 4) is 0 Å². The number of ether oxygens (including phenoxy) is 1. The molecule has 0 aromatic heterocycles. The van der Waals surface area contributed by atoms with Crippen molar-refractivity contribution in [2.45, 2.75) is 12.8 Å². The molecule has 2 aromatic carbocycles. The van der Waals surface area contributed by atoms with E-state index in [9.17, 15) is 14.4 Å². The molecular formula is C20H19ClN2O4. The van der Waals surface area contributed by atoms with Crippen LogP contribution in [0.15, 0.2) is 48.5 Å². The van der Waals surface area contributed by atoms with Crippen LogP contribution in [-0.4, -0.2) is 37.5 Å². The standard InChI is InChI=1S/C20H19ClN2O4/c21-16-9-7-15(8-10-16)20(26)22-12-19(25)27-13-18(24)23-11-3-5-14-4-1-2-6-17(14)23/h1-2,4,6-10H,3,5,11-13H2,(H,22,26). The fourth-order valence-corrected chi connectivity index (χ4v) is 3.05. The van der Waals surface area contributed by atoms with Gasteiger partial charge in [-0.1, -0.05) is 29.8 Å². The van der Waals surface area contributed by atoms with Gasteiger partial charge in [0.2, 0.25) is 0 Å². The van der Waals surface area contributed by atoms with Gasteiger partial charge >= 0.3 is 5.97 Å². The summed E-state index contributed by atoms with van der Waals surface area (Å²) >= 11 is 5.77. The van der Waals surface area contributed by atoms with E-state index in [0.717, 1.165) is 24.1 Å².